The number of H-pyrrole nitrogens is 1. The van der Waals surface area contributed by atoms with Crippen LogP contribution < -0.4 is 15.4 Å². The fourth-order valence-electron chi connectivity index (χ4n) is 3.99. The first-order valence-corrected chi connectivity index (χ1v) is 10.3. The molecule has 164 valence electrons. The number of benzene rings is 2. The van der Waals surface area contributed by atoms with Crippen LogP contribution in [0, 0.1) is 0 Å². The Morgan fingerprint density at radius 1 is 1.10 bits per heavy atom. The van der Waals surface area contributed by atoms with Crippen molar-refractivity contribution in [3.63, 3.8) is 0 Å². The van der Waals surface area contributed by atoms with Gasteiger partial charge in [-0.2, -0.15) is 18.3 Å². The third-order valence-corrected chi connectivity index (χ3v) is 5.69. The van der Waals surface area contributed by atoms with Crippen LogP contribution in [0.2, 0.25) is 0 Å². The molecule has 4 rings (SSSR count). The topological polar surface area (TPSA) is 62.0 Å². The highest BCUT2D eigenvalue weighted by Gasteiger charge is 2.30. The van der Waals surface area contributed by atoms with Crippen molar-refractivity contribution in [1.82, 2.24) is 15.5 Å². The van der Waals surface area contributed by atoms with Gasteiger partial charge >= 0.3 is 6.18 Å². The molecule has 0 radical (unpaired) electrons. The average Bonchev–Trinajstić information content (AvgIpc) is 3.42. The molecule has 2 atom stereocenters. The highest BCUT2D eigenvalue weighted by atomic mass is 19.4. The molecule has 0 amide bonds. The third-order valence-electron chi connectivity index (χ3n) is 5.69. The number of halogens is 3. The van der Waals surface area contributed by atoms with Crippen molar-refractivity contribution in [2.24, 2.45) is 0 Å². The maximum atomic E-state index is 12.9. The molecule has 2 aromatic carbocycles. The molecule has 0 aliphatic heterocycles. The number of hydrogen-bond donors (Lipinski definition) is 3. The van der Waals surface area contributed by atoms with E-state index in [1.54, 1.807) is 13.2 Å². The van der Waals surface area contributed by atoms with Gasteiger partial charge < -0.3 is 15.4 Å². The molecular weight excluding hydrogens is 405 g/mol. The second-order valence-corrected chi connectivity index (χ2v) is 7.85. The quantitative estimate of drug-likeness (QED) is 0.456. The van der Waals surface area contributed by atoms with Crippen molar-refractivity contribution in [3.8, 4) is 5.75 Å². The Morgan fingerprint density at radius 3 is 2.65 bits per heavy atom. The lowest BCUT2D eigenvalue weighted by molar-refractivity contribution is -0.137. The minimum atomic E-state index is -4.37. The summed E-state index contributed by atoms with van der Waals surface area (Å²) >= 11 is 0. The Kier molecular flexibility index (Phi) is 6.18. The van der Waals surface area contributed by atoms with Crippen LogP contribution >= 0.6 is 0 Å². The highest BCUT2D eigenvalue weighted by molar-refractivity contribution is 5.57. The number of nitrogens with one attached hydrogen (secondary N) is 3. The number of aromatic nitrogens is 2. The lowest BCUT2D eigenvalue weighted by atomic mass is 10.0. The number of anilines is 2. The number of hydrogen-bond acceptors (Lipinski definition) is 4. The first-order valence-electron chi connectivity index (χ1n) is 10.3. The Morgan fingerprint density at radius 2 is 1.90 bits per heavy atom. The van der Waals surface area contributed by atoms with E-state index in [0.717, 1.165) is 49.4 Å². The molecule has 0 bridgehead atoms. The largest absolute Gasteiger partial charge is 0.497 e. The monoisotopic (exact) mass is 430 g/mol. The lowest BCUT2D eigenvalue weighted by Gasteiger charge is -2.13. The summed E-state index contributed by atoms with van der Waals surface area (Å²) in [5, 5.41) is 13.8. The van der Waals surface area contributed by atoms with Crippen LogP contribution in [0.25, 0.3) is 0 Å². The molecule has 3 N–H and O–H groups in total. The zero-order chi connectivity index (χ0) is 21.8. The van der Waals surface area contributed by atoms with E-state index in [4.69, 9.17) is 4.74 Å². The maximum Gasteiger partial charge on any atom is 0.416 e. The van der Waals surface area contributed by atoms with E-state index in [2.05, 4.69) is 33.0 Å². The number of ether oxygens (including phenoxy) is 1. The summed E-state index contributed by atoms with van der Waals surface area (Å²) in [6, 6.07) is 15.4. The van der Waals surface area contributed by atoms with Gasteiger partial charge in [0.2, 0.25) is 0 Å². The van der Waals surface area contributed by atoms with Gasteiger partial charge in [-0.15, -0.1) is 0 Å². The molecule has 31 heavy (non-hydrogen) atoms. The minimum Gasteiger partial charge on any atom is -0.497 e. The van der Waals surface area contributed by atoms with E-state index >= 15 is 0 Å². The van der Waals surface area contributed by atoms with Crippen molar-refractivity contribution in [2.45, 2.75) is 43.9 Å². The molecule has 1 heterocycles. The van der Waals surface area contributed by atoms with Gasteiger partial charge in [0.15, 0.2) is 5.82 Å². The molecule has 1 aliphatic rings. The molecule has 8 heteroatoms. The van der Waals surface area contributed by atoms with Crippen LogP contribution in [-0.4, -0.2) is 23.3 Å². The van der Waals surface area contributed by atoms with Gasteiger partial charge in [-0.1, -0.05) is 18.2 Å². The normalized spacial score (nSPS) is 18.8. The predicted molar refractivity (Wildman–Crippen MR) is 114 cm³/mol. The minimum absolute atomic E-state index is 0.345. The Bertz CT molecular complexity index is 1000. The van der Waals surface area contributed by atoms with Crippen molar-refractivity contribution in [2.75, 3.05) is 12.4 Å². The SMILES string of the molecule is COc1ccc(CN[C@@H]2CC[C@H](c3cc(Nc4cccc(C(F)(F)F)c4)n[nH]3)C2)cc1. The van der Waals surface area contributed by atoms with Crippen molar-refractivity contribution in [3.05, 3.63) is 71.4 Å². The summed E-state index contributed by atoms with van der Waals surface area (Å²) in [7, 11) is 1.65. The Labute approximate surface area is 179 Å². The number of methoxy groups -OCH3 is 1. The van der Waals surface area contributed by atoms with E-state index in [-0.39, 0.29) is 0 Å². The highest BCUT2D eigenvalue weighted by Crippen LogP contribution is 2.35. The van der Waals surface area contributed by atoms with Crippen molar-refractivity contribution >= 4 is 11.5 Å². The molecule has 3 aromatic rings. The standard InChI is InChI=1S/C23H25F3N4O/c1-31-20-9-5-15(6-10-20)14-27-18-8-7-16(11-18)21-13-22(30-29-21)28-19-4-2-3-17(12-19)23(24,25)26/h2-6,9-10,12-13,16,18,27H,7-8,11,14H2,1H3,(H2,28,29,30)/t16-,18+/m0/s1. The molecule has 0 saturated heterocycles. The summed E-state index contributed by atoms with van der Waals surface area (Å²) < 4.78 is 43.9. The summed E-state index contributed by atoms with van der Waals surface area (Å²) in [5.41, 5.74) is 1.88. The summed E-state index contributed by atoms with van der Waals surface area (Å²) in [6.07, 6.45) is -1.28. The molecule has 0 spiro atoms. The summed E-state index contributed by atoms with van der Waals surface area (Å²) in [6.45, 7) is 0.798. The van der Waals surface area contributed by atoms with Crippen molar-refractivity contribution < 1.29 is 17.9 Å². The van der Waals surface area contributed by atoms with Gasteiger partial charge in [0.25, 0.3) is 0 Å². The van der Waals surface area contributed by atoms with Gasteiger partial charge in [-0.25, -0.2) is 0 Å². The van der Waals surface area contributed by atoms with E-state index < -0.39 is 11.7 Å². The van der Waals surface area contributed by atoms with Crippen LogP contribution in [0.4, 0.5) is 24.7 Å². The van der Waals surface area contributed by atoms with Crippen LogP contribution in [0.15, 0.2) is 54.6 Å². The Hall–Kier alpha value is -3.00. The van der Waals surface area contributed by atoms with Gasteiger partial charge in [-0.05, 0) is 55.2 Å². The van der Waals surface area contributed by atoms with Gasteiger partial charge in [0.1, 0.15) is 5.75 Å². The van der Waals surface area contributed by atoms with Crippen LogP contribution in [-0.2, 0) is 12.7 Å². The van der Waals surface area contributed by atoms with Gasteiger partial charge in [0.05, 0.1) is 12.7 Å². The fourth-order valence-corrected chi connectivity index (χ4v) is 3.99. The molecule has 0 unspecified atom stereocenters. The van der Waals surface area contributed by atoms with Gasteiger partial charge in [0, 0.05) is 36.0 Å². The number of rotatable bonds is 7. The zero-order valence-corrected chi connectivity index (χ0v) is 17.2. The number of nitrogens with zero attached hydrogens (tertiary/aromatic N) is 1. The molecule has 1 saturated carbocycles. The smallest absolute Gasteiger partial charge is 0.416 e. The fraction of sp³-hybridized carbons (Fsp3) is 0.348. The van der Waals surface area contributed by atoms with Crippen LogP contribution in [0.1, 0.15) is 42.0 Å². The number of aromatic amines is 1. The maximum absolute atomic E-state index is 12.9. The zero-order valence-electron chi connectivity index (χ0n) is 17.2. The first-order chi connectivity index (χ1) is 14.9. The number of alkyl halides is 3. The van der Waals surface area contributed by atoms with Crippen LogP contribution in [0.3, 0.4) is 0 Å². The molecule has 5 nitrogen and oxygen atoms in total. The van der Waals surface area contributed by atoms with Crippen molar-refractivity contribution in [1.29, 1.82) is 0 Å². The first kappa shape index (κ1) is 21.2. The predicted octanol–water partition coefficient (Wildman–Crippen LogP) is 5.61. The molecule has 1 aliphatic carbocycles. The lowest BCUT2D eigenvalue weighted by Crippen LogP contribution is -2.25. The van der Waals surface area contributed by atoms with Gasteiger partial charge in [-0.3, -0.25) is 5.10 Å². The molecular formula is C23H25F3N4O. The van der Waals surface area contributed by atoms with E-state index in [1.807, 2.05) is 18.2 Å². The Balaban J connectivity index is 1.31. The molecule has 1 fully saturated rings. The second-order valence-electron chi connectivity index (χ2n) is 7.85. The van der Waals surface area contributed by atoms with E-state index in [0.29, 0.717) is 23.5 Å². The average molecular weight is 430 g/mol. The second kappa shape index (κ2) is 9.01. The molecule has 1 aromatic heterocycles. The summed E-state index contributed by atoms with van der Waals surface area (Å²) in [5.74, 6) is 1.71. The van der Waals surface area contributed by atoms with E-state index in [1.165, 1.54) is 11.6 Å². The van der Waals surface area contributed by atoms with Crippen LogP contribution in [0.5, 0.6) is 5.75 Å². The third kappa shape index (κ3) is 5.38. The van der Waals surface area contributed by atoms with E-state index in [9.17, 15) is 13.2 Å². The summed E-state index contributed by atoms with van der Waals surface area (Å²) in [4.78, 5) is 0.